The zero-order valence-corrected chi connectivity index (χ0v) is 11.8. The van der Waals surface area contributed by atoms with Gasteiger partial charge in [-0.1, -0.05) is 23.7 Å². The minimum Gasteiger partial charge on any atom is -0.325 e. The number of hydrogen-bond donors (Lipinski definition) is 1. The lowest BCUT2D eigenvalue weighted by atomic mass is 9.90. The summed E-state index contributed by atoms with van der Waals surface area (Å²) in [4.78, 5) is 17.8. The van der Waals surface area contributed by atoms with E-state index in [1.807, 2.05) is 23.7 Å². The van der Waals surface area contributed by atoms with E-state index in [1.54, 1.807) is 17.4 Å². The maximum atomic E-state index is 12.3. The van der Waals surface area contributed by atoms with Crippen LogP contribution in [-0.2, 0) is 17.6 Å². The summed E-state index contributed by atoms with van der Waals surface area (Å²) in [7, 11) is 0. The number of nitrogens with one attached hydrogen (secondary N) is 1. The average molecular weight is 293 g/mol. The van der Waals surface area contributed by atoms with Crippen molar-refractivity contribution in [1.82, 2.24) is 4.98 Å². The van der Waals surface area contributed by atoms with Gasteiger partial charge in [-0.3, -0.25) is 4.79 Å². The lowest BCUT2D eigenvalue weighted by Gasteiger charge is -2.20. The van der Waals surface area contributed by atoms with Crippen molar-refractivity contribution in [3.05, 3.63) is 45.4 Å². The zero-order chi connectivity index (χ0) is 13.2. The number of anilines is 1. The van der Waals surface area contributed by atoms with Gasteiger partial charge in [0.05, 0.1) is 21.9 Å². The molecule has 0 spiro atoms. The highest BCUT2D eigenvalue weighted by Gasteiger charge is 2.26. The first kappa shape index (κ1) is 12.6. The largest absolute Gasteiger partial charge is 0.325 e. The van der Waals surface area contributed by atoms with Crippen molar-refractivity contribution in [3.63, 3.8) is 0 Å². The number of benzene rings is 1. The Morgan fingerprint density at radius 2 is 2.26 bits per heavy atom. The Balaban J connectivity index is 1.71. The van der Waals surface area contributed by atoms with Crippen molar-refractivity contribution < 1.29 is 4.79 Å². The number of carbonyl (C=O) groups excluding carboxylic acids is 1. The third-order valence-electron chi connectivity index (χ3n) is 3.39. The molecule has 19 heavy (non-hydrogen) atoms. The van der Waals surface area contributed by atoms with Crippen LogP contribution in [0, 0.1) is 5.92 Å². The van der Waals surface area contributed by atoms with Crippen LogP contribution in [-0.4, -0.2) is 10.9 Å². The molecule has 0 saturated heterocycles. The van der Waals surface area contributed by atoms with E-state index >= 15 is 0 Å². The van der Waals surface area contributed by atoms with Gasteiger partial charge in [0, 0.05) is 10.8 Å². The summed E-state index contributed by atoms with van der Waals surface area (Å²) in [5, 5.41) is 3.49. The molecule has 2 aromatic rings. The minimum atomic E-state index is 0.0178. The van der Waals surface area contributed by atoms with Crippen LogP contribution in [0.1, 0.15) is 17.0 Å². The fourth-order valence-electron chi connectivity index (χ4n) is 2.32. The highest BCUT2D eigenvalue weighted by molar-refractivity contribution is 7.09. The molecule has 1 aromatic heterocycles. The van der Waals surface area contributed by atoms with Gasteiger partial charge in [-0.25, -0.2) is 4.98 Å². The average Bonchev–Trinajstić information content (AvgIpc) is 2.88. The van der Waals surface area contributed by atoms with Gasteiger partial charge < -0.3 is 5.32 Å². The molecule has 0 bridgehead atoms. The standard InChI is InChI=1S/C14H13ClN2OS/c15-10-3-1-2-4-11(10)17-14(18)9-5-6-12-13(7-9)19-8-16-12/h1-4,8-9H,5-7H2,(H,17,18). The molecule has 1 unspecified atom stereocenters. The van der Waals surface area contributed by atoms with Crippen LogP contribution < -0.4 is 5.32 Å². The number of halogens is 1. The molecular formula is C14H13ClN2OS. The van der Waals surface area contributed by atoms with Crippen LogP contribution in [0.25, 0.3) is 0 Å². The van der Waals surface area contributed by atoms with Crippen LogP contribution in [0.3, 0.4) is 0 Å². The summed E-state index contributed by atoms with van der Waals surface area (Å²) < 4.78 is 0. The highest BCUT2D eigenvalue weighted by atomic mass is 35.5. The zero-order valence-electron chi connectivity index (χ0n) is 10.2. The SMILES string of the molecule is O=C(Nc1ccccc1Cl)C1CCc2ncsc2C1. The Kier molecular flexibility index (Phi) is 3.53. The van der Waals surface area contributed by atoms with Crippen LogP contribution in [0.2, 0.25) is 5.02 Å². The molecule has 0 aliphatic heterocycles. The van der Waals surface area contributed by atoms with Crippen molar-refractivity contribution in [1.29, 1.82) is 0 Å². The van der Waals surface area contributed by atoms with E-state index in [2.05, 4.69) is 10.3 Å². The van der Waals surface area contributed by atoms with Gasteiger partial charge >= 0.3 is 0 Å². The predicted molar refractivity (Wildman–Crippen MR) is 77.7 cm³/mol. The first-order chi connectivity index (χ1) is 9.24. The number of aryl methyl sites for hydroxylation is 1. The van der Waals surface area contributed by atoms with Gasteiger partial charge in [0.25, 0.3) is 0 Å². The van der Waals surface area contributed by atoms with E-state index in [0.717, 1.165) is 25.0 Å². The Labute approximate surface area is 120 Å². The molecule has 5 heteroatoms. The predicted octanol–water partition coefficient (Wildman–Crippen LogP) is 3.54. The molecule has 1 N–H and O–H groups in total. The Bertz CT molecular complexity index is 611. The Hall–Kier alpha value is -1.39. The second kappa shape index (κ2) is 5.31. The number of amides is 1. The maximum absolute atomic E-state index is 12.3. The summed E-state index contributed by atoms with van der Waals surface area (Å²) in [5.74, 6) is 0.0661. The molecule has 3 rings (SSSR count). The van der Waals surface area contributed by atoms with Gasteiger partial charge in [-0.2, -0.15) is 0 Å². The van der Waals surface area contributed by atoms with Gasteiger partial charge in [0.15, 0.2) is 0 Å². The lowest BCUT2D eigenvalue weighted by Crippen LogP contribution is -2.27. The molecule has 0 radical (unpaired) electrons. The van der Waals surface area contributed by atoms with Gasteiger partial charge in [0.1, 0.15) is 0 Å². The minimum absolute atomic E-state index is 0.0178. The molecule has 1 aliphatic carbocycles. The van der Waals surface area contributed by atoms with Crippen LogP contribution in [0.5, 0.6) is 0 Å². The fraction of sp³-hybridized carbons (Fsp3) is 0.286. The first-order valence-corrected chi connectivity index (χ1v) is 7.46. The third kappa shape index (κ3) is 2.65. The van der Waals surface area contributed by atoms with Gasteiger partial charge in [-0.05, 0) is 31.4 Å². The molecular weight excluding hydrogens is 280 g/mol. The molecule has 0 fully saturated rings. The number of para-hydroxylation sites is 1. The van der Waals surface area contributed by atoms with E-state index in [9.17, 15) is 4.79 Å². The molecule has 1 amide bonds. The summed E-state index contributed by atoms with van der Waals surface area (Å²) in [5.41, 5.74) is 3.70. The second-order valence-corrected chi connectivity index (χ2v) is 5.98. The third-order valence-corrected chi connectivity index (χ3v) is 4.62. The topological polar surface area (TPSA) is 42.0 Å². The first-order valence-electron chi connectivity index (χ1n) is 6.20. The number of fused-ring (bicyclic) bond motifs is 1. The van der Waals surface area contributed by atoms with E-state index in [1.165, 1.54) is 4.88 Å². The lowest BCUT2D eigenvalue weighted by molar-refractivity contribution is -0.120. The van der Waals surface area contributed by atoms with Crippen molar-refractivity contribution >= 4 is 34.5 Å². The van der Waals surface area contributed by atoms with E-state index in [0.29, 0.717) is 10.7 Å². The van der Waals surface area contributed by atoms with Crippen LogP contribution >= 0.6 is 22.9 Å². The maximum Gasteiger partial charge on any atom is 0.227 e. The number of rotatable bonds is 2. The number of nitrogens with zero attached hydrogens (tertiary/aromatic N) is 1. The number of thiazole rings is 1. The highest BCUT2D eigenvalue weighted by Crippen LogP contribution is 2.29. The number of aromatic nitrogens is 1. The summed E-state index contributed by atoms with van der Waals surface area (Å²) in [6.45, 7) is 0. The van der Waals surface area contributed by atoms with Crippen LogP contribution in [0.15, 0.2) is 29.8 Å². The molecule has 1 aromatic carbocycles. The quantitative estimate of drug-likeness (QED) is 0.920. The summed E-state index contributed by atoms with van der Waals surface area (Å²) in [6.07, 6.45) is 2.53. The molecule has 0 saturated carbocycles. The summed E-state index contributed by atoms with van der Waals surface area (Å²) >= 11 is 7.69. The fourth-order valence-corrected chi connectivity index (χ4v) is 3.40. The van der Waals surface area contributed by atoms with E-state index in [4.69, 9.17) is 11.6 Å². The van der Waals surface area contributed by atoms with Crippen molar-refractivity contribution in [2.24, 2.45) is 5.92 Å². The van der Waals surface area contributed by atoms with Crippen molar-refractivity contribution in [2.75, 3.05) is 5.32 Å². The number of hydrogen-bond acceptors (Lipinski definition) is 3. The number of carbonyl (C=O) groups is 1. The molecule has 98 valence electrons. The monoisotopic (exact) mass is 292 g/mol. The molecule has 3 nitrogen and oxygen atoms in total. The van der Waals surface area contributed by atoms with Gasteiger partial charge in [-0.15, -0.1) is 11.3 Å². The Morgan fingerprint density at radius 1 is 1.42 bits per heavy atom. The van der Waals surface area contributed by atoms with Crippen LogP contribution in [0.4, 0.5) is 5.69 Å². The summed E-state index contributed by atoms with van der Waals surface area (Å²) in [6, 6.07) is 7.31. The normalized spacial score (nSPS) is 17.8. The van der Waals surface area contributed by atoms with Gasteiger partial charge in [0.2, 0.25) is 5.91 Å². The smallest absolute Gasteiger partial charge is 0.227 e. The van der Waals surface area contributed by atoms with Crippen molar-refractivity contribution in [3.8, 4) is 0 Å². The second-order valence-electron chi connectivity index (χ2n) is 4.63. The van der Waals surface area contributed by atoms with Crippen molar-refractivity contribution in [2.45, 2.75) is 19.3 Å². The van der Waals surface area contributed by atoms with E-state index < -0.39 is 0 Å². The molecule has 1 aliphatic rings. The molecule has 1 atom stereocenters. The molecule has 1 heterocycles. The van der Waals surface area contributed by atoms with E-state index in [-0.39, 0.29) is 11.8 Å². The Morgan fingerprint density at radius 3 is 3.11 bits per heavy atom.